The van der Waals surface area contributed by atoms with Gasteiger partial charge in [-0.1, -0.05) is 45.0 Å². The van der Waals surface area contributed by atoms with Crippen LogP contribution < -0.4 is 10.2 Å². The number of thioether (sulfide) groups is 1. The molecular weight excluding hydrogens is 384 g/mol. The number of hydrogen-bond acceptors (Lipinski definition) is 4. The molecular formula is C23H24N2O3S. The number of benzene rings is 2. The summed E-state index contributed by atoms with van der Waals surface area (Å²) in [6.07, 6.45) is 0. The molecule has 3 amide bonds. The largest absolute Gasteiger partial charge is 0.326 e. The molecule has 0 saturated heterocycles. The van der Waals surface area contributed by atoms with E-state index in [2.05, 4.69) is 19.2 Å². The fraction of sp³-hybridized carbons (Fsp3) is 0.261. The van der Waals surface area contributed by atoms with Crippen LogP contribution >= 0.6 is 11.8 Å². The van der Waals surface area contributed by atoms with Gasteiger partial charge in [-0.3, -0.25) is 14.4 Å². The van der Waals surface area contributed by atoms with Gasteiger partial charge in [0.05, 0.1) is 16.2 Å². The van der Waals surface area contributed by atoms with Crippen LogP contribution in [0.2, 0.25) is 0 Å². The highest BCUT2D eigenvalue weighted by molar-refractivity contribution is 8.04. The molecule has 2 aromatic rings. The summed E-state index contributed by atoms with van der Waals surface area (Å²) >= 11 is 1.37. The molecule has 150 valence electrons. The summed E-state index contributed by atoms with van der Waals surface area (Å²) in [5.41, 5.74) is 3.43. The van der Waals surface area contributed by atoms with E-state index in [0.29, 0.717) is 39.1 Å². The number of nitrogens with one attached hydrogen (secondary N) is 1. The number of anilines is 2. The maximum atomic E-state index is 13.2. The first-order valence-electron chi connectivity index (χ1n) is 9.57. The summed E-state index contributed by atoms with van der Waals surface area (Å²) < 4.78 is 0. The van der Waals surface area contributed by atoms with Crippen LogP contribution in [0, 0.1) is 0 Å². The van der Waals surface area contributed by atoms with Crippen molar-refractivity contribution < 1.29 is 14.4 Å². The summed E-state index contributed by atoms with van der Waals surface area (Å²) in [5.74, 6) is 0.274. The molecule has 0 radical (unpaired) electrons. The lowest BCUT2D eigenvalue weighted by Crippen LogP contribution is -2.31. The van der Waals surface area contributed by atoms with Gasteiger partial charge in [0.1, 0.15) is 0 Å². The zero-order valence-corrected chi connectivity index (χ0v) is 17.8. The van der Waals surface area contributed by atoms with Crippen LogP contribution in [0.15, 0.2) is 53.4 Å². The summed E-state index contributed by atoms with van der Waals surface area (Å²) in [5, 5.41) is 2.71. The third-order valence-electron chi connectivity index (χ3n) is 4.64. The first-order chi connectivity index (χ1) is 13.8. The number of nitrogens with zero attached hydrogens (tertiary/aromatic N) is 1. The van der Waals surface area contributed by atoms with E-state index < -0.39 is 0 Å². The van der Waals surface area contributed by atoms with Crippen molar-refractivity contribution in [3.05, 3.63) is 64.6 Å². The average molecular weight is 409 g/mol. The molecule has 0 spiro atoms. The molecule has 0 aliphatic carbocycles. The van der Waals surface area contributed by atoms with Gasteiger partial charge in [0.15, 0.2) is 0 Å². The Labute approximate surface area is 175 Å². The molecule has 0 fully saturated rings. The van der Waals surface area contributed by atoms with Crippen LogP contribution in [0.1, 0.15) is 44.7 Å². The molecule has 0 bridgehead atoms. The van der Waals surface area contributed by atoms with E-state index in [9.17, 15) is 14.4 Å². The Kier molecular flexibility index (Phi) is 6.23. The molecule has 5 nitrogen and oxygen atoms in total. The Morgan fingerprint density at radius 3 is 2.14 bits per heavy atom. The predicted octanol–water partition coefficient (Wildman–Crippen LogP) is 4.81. The standard InChI is InChI=1S/C23H24N2O3S/c1-5-29-21-20(17-6-10-18(11-7-17)24-15(4)26)22(27)25(23(21)28)19-12-8-16(9-13-19)14(2)3/h6-14H,5H2,1-4H3,(H,24,26). The molecule has 2 aromatic carbocycles. The average Bonchev–Trinajstić information content (AvgIpc) is 2.92. The Morgan fingerprint density at radius 1 is 1.00 bits per heavy atom. The Bertz CT molecular complexity index is 976. The van der Waals surface area contributed by atoms with Crippen molar-refractivity contribution in [1.82, 2.24) is 0 Å². The first kappa shape index (κ1) is 20.9. The zero-order chi connectivity index (χ0) is 21.1. The molecule has 29 heavy (non-hydrogen) atoms. The second-order valence-electron chi connectivity index (χ2n) is 7.09. The lowest BCUT2D eigenvalue weighted by molar-refractivity contribution is -0.120. The molecule has 1 aliphatic heterocycles. The van der Waals surface area contributed by atoms with Gasteiger partial charge < -0.3 is 5.32 Å². The topological polar surface area (TPSA) is 66.5 Å². The summed E-state index contributed by atoms with van der Waals surface area (Å²) in [6, 6.07) is 14.5. The lowest BCUT2D eigenvalue weighted by Gasteiger charge is -2.16. The van der Waals surface area contributed by atoms with E-state index >= 15 is 0 Å². The van der Waals surface area contributed by atoms with E-state index in [4.69, 9.17) is 0 Å². The molecule has 0 saturated carbocycles. The third-order valence-corrected chi connectivity index (χ3v) is 5.60. The molecule has 0 atom stereocenters. The van der Waals surface area contributed by atoms with E-state index in [1.54, 1.807) is 24.3 Å². The highest BCUT2D eigenvalue weighted by Gasteiger charge is 2.39. The van der Waals surface area contributed by atoms with E-state index in [1.165, 1.54) is 23.6 Å². The van der Waals surface area contributed by atoms with Crippen molar-refractivity contribution in [2.75, 3.05) is 16.0 Å². The van der Waals surface area contributed by atoms with Gasteiger partial charge in [0.25, 0.3) is 11.8 Å². The van der Waals surface area contributed by atoms with Crippen LogP contribution in [0.4, 0.5) is 11.4 Å². The van der Waals surface area contributed by atoms with Crippen LogP contribution in [0.3, 0.4) is 0 Å². The highest BCUT2D eigenvalue weighted by atomic mass is 32.2. The number of carbonyl (C=O) groups is 3. The number of hydrogen-bond donors (Lipinski definition) is 1. The summed E-state index contributed by atoms with van der Waals surface area (Å²) in [4.78, 5) is 39.3. The SMILES string of the molecule is CCSC1=C(c2ccc(NC(C)=O)cc2)C(=O)N(c2ccc(C(C)C)cc2)C1=O. The molecule has 1 aliphatic rings. The molecule has 0 aromatic heterocycles. The monoisotopic (exact) mass is 408 g/mol. The van der Waals surface area contributed by atoms with Gasteiger partial charge in [-0.2, -0.15) is 0 Å². The quantitative estimate of drug-likeness (QED) is 0.697. The summed E-state index contributed by atoms with van der Waals surface area (Å²) in [6.45, 7) is 7.59. The van der Waals surface area contributed by atoms with Crippen molar-refractivity contribution >= 4 is 46.4 Å². The van der Waals surface area contributed by atoms with Crippen molar-refractivity contribution in [3.63, 3.8) is 0 Å². The third kappa shape index (κ3) is 4.27. The summed E-state index contributed by atoms with van der Waals surface area (Å²) in [7, 11) is 0. The number of carbonyl (C=O) groups excluding carboxylic acids is 3. The molecule has 1 N–H and O–H groups in total. The molecule has 6 heteroatoms. The number of amides is 3. The van der Waals surface area contributed by atoms with Gasteiger partial charge in [0.2, 0.25) is 5.91 Å². The van der Waals surface area contributed by atoms with Crippen molar-refractivity contribution in [2.24, 2.45) is 0 Å². The molecule has 0 unspecified atom stereocenters. The maximum absolute atomic E-state index is 13.2. The maximum Gasteiger partial charge on any atom is 0.272 e. The molecule has 1 heterocycles. The van der Waals surface area contributed by atoms with E-state index in [0.717, 1.165) is 5.56 Å². The molecule has 3 rings (SSSR count). The highest BCUT2D eigenvalue weighted by Crippen LogP contribution is 2.38. The van der Waals surface area contributed by atoms with Gasteiger partial charge >= 0.3 is 0 Å². The van der Waals surface area contributed by atoms with Crippen LogP contribution in [-0.2, 0) is 14.4 Å². The Morgan fingerprint density at radius 2 is 1.62 bits per heavy atom. The Balaban J connectivity index is 1.97. The minimum atomic E-state index is -0.324. The second kappa shape index (κ2) is 8.66. The van der Waals surface area contributed by atoms with Crippen LogP contribution in [-0.4, -0.2) is 23.5 Å². The van der Waals surface area contributed by atoms with Crippen molar-refractivity contribution in [2.45, 2.75) is 33.6 Å². The zero-order valence-electron chi connectivity index (χ0n) is 17.0. The van der Waals surface area contributed by atoms with Gasteiger partial charge in [0, 0.05) is 12.6 Å². The van der Waals surface area contributed by atoms with Crippen molar-refractivity contribution in [1.29, 1.82) is 0 Å². The van der Waals surface area contributed by atoms with E-state index in [1.807, 2.05) is 31.2 Å². The normalized spacial score (nSPS) is 14.2. The Hall–Kier alpha value is -2.86. The smallest absolute Gasteiger partial charge is 0.272 e. The lowest BCUT2D eigenvalue weighted by atomic mass is 10.0. The van der Waals surface area contributed by atoms with Crippen LogP contribution in [0.5, 0.6) is 0 Å². The van der Waals surface area contributed by atoms with Gasteiger partial charge in [-0.15, -0.1) is 11.8 Å². The van der Waals surface area contributed by atoms with E-state index in [-0.39, 0.29) is 17.7 Å². The predicted molar refractivity (Wildman–Crippen MR) is 119 cm³/mol. The van der Waals surface area contributed by atoms with Crippen LogP contribution in [0.25, 0.3) is 5.57 Å². The number of imide groups is 1. The minimum Gasteiger partial charge on any atom is -0.326 e. The van der Waals surface area contributed by atoms with Gasteiger partial charge in [-0.05, 0) is 47.1 Å². The minimum absolute atomic E-state index is 0.165. The first-order valence-corrected chi connectivity index (χ1v) is 10.6. The van der Waals surface area contributed by atoms with Crippen molar-refractivity contribution in [3.8, 4) is 0 Å². The second-order valence-corrected chi connectivity index (χ2v) is 8.36. The van der Waals surface area contributed by atoms with Gasteiger partial charge in [-0.25, -0.2) is 4.90 Å². The fourth-order valence-corrected chi connectivity index (χ4v) is 4.06. The number of rotatable bonds is 6. The fourth-order valence-electron chi connectivity index (χ4n) is 3.21.